The largest absolute Gasteiger partial charge is 0.384 e. The van der Waals surface area contributed by atoms with Gasteiger partial charge in [-0.1, -0.05) is 23.7 Å². The van der Waals surface area contributed by atoms with E-state index in [0.717, 1.165) is 0 Å². The Morgan fingerprint density at radius 3 is 2.57 bits per heavy atom. The van der Waals surface area contributed by atoms with Crippen LogP contribution in [-0.4, -0.2) is 15.0 Å². The maximum absolute atomic E-state index is 12.5. The van der Waals surface area contributed by atoms with Crippen molar-refractivity contribution in [3.8, 4) is 0 Å². The van der Waals surface area contributed by atoms with Gasteiger partial charge in [-0.3, -0.25) is 4.72 Å². The van der Waals surface area contributed by atoms with Crippen molar-refractivity contribution in [1.82, 2.24) is 0 Å². The highest BCUT2D eigenvalue weighted by Gasteiger charge is 2.18. The van der Waals surface area contributed by atoms with E-state index < -0.39 is 10.0 Å². The van der Waals surface area contributed by atoms with E-state index in [-0.39, 0.29) is 4.90 Å². The number of halogens is 2. The molecular formula is C14H14BrClN2O2S. The van der Waals surface area contributed by atoms with Gasteiger partial charge in [0.15, 0.2) is 0 Å². The minimum Gasteiger partial charge on any atom is -0.384 e. The Balaban J connectivity index is 2.36. The lowest BCUT2D eigenvalue weighted by Gasteiger charge is -2.13. The third-order valence-corrected chi connectivity index (χ3v) is 5.39. The number of sulfonamides is 1. The number of nitrogens with one attached hydrogen (secondary N) is 2. The fourth-order valence-corrected chi connectivity index (χ4v) is 3.47. The van der Waals surface area contributed by atoms with Gasteiger partial charge in [0, 0.05) is 11.0 Å². The number of hydrogen-bond acceptors (Lipinski definition) is 3. The zero-order chi connectivity index (χ0) is 15.5. The number of anilines is 2. The van der Waals surface area contributed by atoms with Crippen LogP contribution in [0.3, 0.4) is 0 Å². The van der Waals surface area contributed by atoms with Gasteiger partial charge in [-0.2, -0.15) is 0 Å². The molecule has 0 fully saturated rings. The number of para-hydroxylation sites is 1. The van der Waals surface area contributed by atoms with Crippen molar-refractivity contribution in [3.63, 3.8) is 0 Å². The Morgan fingerprint density at radius 1 is 1.19 bits per heavy atom. The van der Waals surface area contributed by atoms with Gasteiger partial charge in [0.2, 0.25) is 0 Å². The second-order valence-electron chi connectivity index (χ2n) is 4.26. The normalized spacial score (nSPS) is 11.2. The van der Waals surface area contributed by atoms with Crippen LogP contribution in [0.15, 0.2) is 51.8 Å². The summed E-state index contributed by atoms with van der Waals surface area (Å²) in [7, 11) is -3.68. The first-order chi connectivity index (χ1) is 9.94. The van der Waals surface area contributed by atoms with Crippen LogP contribution in [0, 0.1) is 0 Å². The molecule has 2 aromatic carbocycles. The Labute approximate surface area is 137 Å². The minimum atomic E-state index is -3.68. The maximum atomic E-state index is 12.5. The molecule has 0 heterocycles. The first-order valence-corrected chi connectivity index (χ1v) is 8.90. The van der Waals surface area contributed by atoms with Crippen molar-refractivity contribution in [1.29, 1.82) is 0 Å². The van der Waals surface area contributed by atoms with Gasteiger partial charge < -0.3 is 5.32 Å². The van der Waals surface area contributed by atoms with E-state index in [2.05, 4.69) is 26.0 Å². The van der Waals surface area contributed by atoms with Crippen LogP contribution in [0.1, 0.15) is 6.92 Å². The smallest absolute Gasteiger partial charge is 0.263 e. The predicted molar refractivity (Wildman–Crippen MR) is 90.6 cm³/mol. The second-order valence-corrected chi connectivity index (χ2v) is 7.17. The molecule has 4 nitrogen and oxygen atoms in total. The molecule has 0 spiro atoms. The average molecular weight is 390 g/mol. The standard InChI is InChI=1S/C14H14BrClN2O2S/c1-2-17-13-5-3-4-6-14(13)21(19,20)18-10-7-8-11(15)12(16)9-10/h3-9,17-18H,2H2,1H3. The molecule has 0 aliphatic heterocycles. The van der Waals surface area contributed by atoms with Gasteiger partial charge in [0.1, 0.15) is 4.90 Å². The Bertz CT molecular complexity index is 750. The lowest BCUT2D eigenvalue weighted by molar-refractivity contribution is 0.601. The van der Waals surface area contributed by atoms with Crippen LogP contribution in [0.25, 0.3) is 0 Å². The lowest BCUT2D eigenvalue weighted by Crippen LogP contribution is -2.15. The van der Waals surface area contributed by atoms with Crippen LogP contribution in [0.5, 0.6) is 0 Å². The molecular weight excluding hydrogens is 376 g/mol. The zero-order valence-corrected chi connectivity index (χ0v) is 14.4. The molecule has 112 valence electrons. The summed E-state index contributed by atoms with van der Waals surface area (Å²) < 4.78 is 28.2. The van der Waals surface area contributed by atoms with E-state index in [4.69, 9.17) is 11.6 Å². The summed E-state index contributed by atoms with van der Waals surface area (Å²) in [6.45, 7) is 2.54. The molecule has 0 bridgehead atoms. The summed E-state index contributed by atoms with van der Waals surface area (Å²) in [6.07, 6.45) is 0. The molecule has 0 aliphatic carbocycles. The molecule has 21 heavy (non-hydrogen) atoms. The van der Waals surface area contributed by atoms with Crippen LogP contribution in [-0.2, 0) is 10.0 Å². The average Bonchev–Trinajstić information content (AvgIpc) is 2.43. The second kappa shape index (κ2) is 6.68. The van der Waals surface area contributed by atoms with Crippen molar-refractivity contribution < 1.29 is 8.42 Å². The predicted octanol–water partition coefficient (Wildman–Crippen LogP) is 4.34. The van der Waals surface area contributed by atoms with Gasteiger partial charge in [0.25, 0.3) is 10.0 Å². The third kappa shape index (κ3) is 3.90. The zero-order valence-electron chi connectivity index (χ0n) is 11.2. The molecule has 0 amide bonds. The summed E-state index contributed by atoms with van der Waals surface area (Å²) >= 11 is 9.24. The summed E-state index contributed by atoms with van der Waals surface area (Å²) in [6, 6.07) is 11.6. The van der Waals surface area contributed by atoms with Gasteiger partial charge in [-0.05, 0) is 53.2 Å². The van der Waals surface area contributed by atoms with Crippen LogP contribution >= 0.6 is 27.5 Å². The monoisotopic (exact) mass is 388 g/mol. The van der Waals surface area contributed by atoms with E-state index in [0.29, 0.717) is 27.4 Å². The van der Waals surface area contributed by atoms with E-state index in [1.54, 1.807) is 42.5 Å². The molecule has 0 saturated carbocycles. The van der Waals surface area contributed by atoms with Crippen LogP contribution in [0.4, 0.5) is 11.4 Å². The number of hydrogen-bond donors (Lipinski definition) is 2. The Kier molecular flexibility index (Phi) is 5.13. The van der Waals surface area contributed by atoms with Crippen molar-refractivity contribution in [2.75, 3.05) is 16.6 Å². The fourth-order valence-electron chi connectivity index (χ4n) is 1.81. The molecule has 2 aromatic rings. The Morgan fingerprint density at radius 2 is 1.90 bits per heavy atom. The lowest BCUT2D eigenvalue weighted by atomic mass is 10.3. The van der Waals surface area contributed by atoms with E-state index in [9.17, 15) is 8.42 Å². The molecule has 0 aliphatic rings. The highest BCUT2D eigenvalue weighted by molar-refractivity contribution is 9.10. The molecule has 7 heteroatoms. The Hall–Kier alpha value is -1.24. The van der Waals surface area contributed by atoms with E-state index in [1.807, 2.05) is 6.92 Å². The summed E-state index contributed by atoms with van der Waals surface area (Å²) in [4.78, 5) is 0.200. The molecule has 0 unspecified atom stereocenters. The minimum absolute atomic E-state index is 0.200. The van der Waals surface area contributed by atoms with Crippen LogP contribution < -0.4 is 10.0 Å². The molecule has 2 N–H and O–H groups in total. The number of benzene rings is 2. The van der Waals surface area contributed by atoms with Gasteiger partial charge >= 0.3 is 0 Å². The molecule has 0 atom stereocenters. The van der Waals surface area contributed by atoms with Crippen LogP contribution in [0.2, 0.25) is 5.02 Å². The van der Waals surface area contributed by atoms with E-state index >= 15 is 0 Å². The molecule has 0 radical (unpaired) electrons. The molecule has 2 rings (SSSR count). The first kappa shape index (κ1) is 16.1. The van der Waals surface area contributed by atoms with Crippen molar-refractivity contribution >= 4 is 48.9 Å². The number of rotatable bonds is 5. The highest BCUT2D eigenvalue weighted by Crippen LogP contribution is 2.28. The van der Waals surface area contributed by atoms with Crippen molar-refractivity contribution in [3.05, 3.63) is 52.0 Å². The third-order valence-electron chi connectivity index (χ3n) is 2.72. The van der Waals surface area contributed by atoms with Gasteiger partial charge in [-0.25, -0.2) is 8.42 Å². The summed E-state index contributed by atoms with van der Waals surface area (Å²) in [5, 5.41) is 3.48. The summed E-state index contributed by atoms with van der Waals surface area (Å²) in [5.74, 6) is 0. The highest BCUT2D eigenvalue weighted by atomic mass is 79.9. The topological polar surface area (TPSA) is 58.2 Å². The first-order valence-electron chi connectivity index (χ1n) is 6.25. The van der Waals surface area contributed by atoms with Gasteiger partial charge in [0.05, 0.1) is 16.4 Å². The molecule has 0 aromatic heterocycles. The fraction of sp³-hybridized carbons (Fsp3) is 0.143. The van der Waals surface area contributed by atoms with Gasteiger partial charge in [-0.15, -0.1) is 0 Å². The van der Waals surface area contributed by atoms with E-state index in [1.165, 1.54) is 0 Å². The quantitative estimate of drug-likeness (QED) is 0.800. The SMILES string of the molecule is CCNc1ccccc1S(=O)(=O)Nc1ccc(Br)c(Cl)c1. The maximum Gasteiger partial charge on any atom is 0.263 e. The van der Waals surface area contributed by atoms with Crippen molar-refractivity contribution in [2.24, 2.45) is 0 Å². The summed E-state index contributed by atoms with van der Waals surface area (Å²) in [5.41, 5.74) is 0.977. The molecule has 0 saturated heterocycles. The van der Waals surface area contributed by atoms with Crippen molar-refractivity contribution in [2.45, 2.75) is 11.8 Å².